The Balaban J connectivity index is 1.46. The normalized spacial score (nSPS) is 19.3. The van der Waals surface area contributed by atoms with E-state index in [1.807, 2.05) is 11.9 Å². The summed E-state index contributed by atoms with van der Waals surface area (Å²) in [6.45, 7) is 2.78. The number of carbonyl (C=O) groups is 1. The number of nitrogens with zero attached hydrogens (tertiary/aromatic N) is 4. The zero-order valence-corrected chi connectivity index (χ0v) is 14.1. The van der Waals surface area contributed by atoms with Gasteiger partial charge in [-0.3, -0.25) is 4.79 Å². The van der Waals surface area contributed by atoms with Crippen LogP contribution in [0.1, 0.15) is 32.1 Å². The van der Waals surface area contributed by atoms with Gasteiger partial charge in [0.05, 0.1) is 19.5 Å². The van der Waals surface area contributed by atoms with E-state index in [4.69, 9.17) is 4.74 Å². The third-order valence-corrected chi connectivity index (χ3v) is 5.11. The maximum absolute atomic E-state index is 12.2. The van der Waals surface area contributed by atoms with Gasteiger partial charge in [-0.15, -0.1) is 0 Å². The molecule has 0 atom stereocenters. The van der Waals surface area contributed by atoms with Crippen LogP contribution in [0.5, 0.6) is 5.75 Å². The van der Waals surface area contributed by atoms with Crippen LogP contribution in [0.4, 0.5) is 5.95 Å². The molecule has 1 aliphatic carbocycles. The second-order valence-corrected chi connectivity index (χ2v) is 6.70. The van der Waals surface area contributed by atoms with Crippen LogP contribution in [0, 0.1) is 11.8 Å². The number of hydrogen-bond donors (Lipinski definition) is 0. The van der Waals surface area contributed by atoms with E-state index < -0.39 is 0 Å². The van der Waals surface area contributed by atoms with Gasteiger partial charge in [0.15, 0.2) is 5.75 Å². The van der Waals surface area contributed by atoms with Crippen molar-refractivity contribution >= 4 is 11.9 Å². The van der Waals surface area contributed by atoms with E-state index in [2.05, 4.69) is 14.9 Å². The van der Waals surface area contributed by atoms with Crippen LogP contribution < -0.4 is 9.64 Å². The van der Waals surface area contributed by atoms with Crippen molar-refractivity contribution in [3.05, 3.63) is 12.4 Å². The molecule has 0 aromatic carbocycles. The number of piperidine rings is 1. The summed E-state index contributed by atoms with van der Waals surface area (Å²) in [5.41, 5.74) is 0. The van der Waals surface area contributed by atoms with Crippen molar-refractivity contribution in [2.24, 2.45) is 11.8 Å². The van der Waals surface area contributed by atoms with E-state index in [1.54, 1.807) is 19.5 Å². The Kier molecular flexibility index (Phi) is 4.98. The fourth-order valence-electron chi connectivity index (χ4n) is 3.34. The third-order valence-electron chi connectivity index (χ3n) is 5.11. The molecule has 1 aromatic rings. The predicted octanol–water partition coefficient (Wildman–Crippen LogP) is 1.96. The van der Waals surface area contributed by atoms with Gasteiger partial charge in [-0.25, -0.2) is 9.97 Å². The lowest BCUT2D eigenvalue weighted by Gasteiger charge is -2.35. The number of methoxy groups -OCH3 is 1. The molecule has 2 aliphatic rings. The maximum atomic E-state index is 12.2. The van der Waals surface area contributed by atoms with E-state index in [0.29, 0.717) is 23.5 Å². The van der Waals surface area contributed by atoms with Crippen molar-refractivity contribution < 1.29 is 9.53 Å². The molecule has 2 heterocycles. The molecule has 0 bridgehead atoms. The standard InChI is InChI=1S/C17H26N4O2/c1-20(16(22)14-4-3-5-14)12-13-6-8-21(9-7-13)17-18-10-15(23-2)11-19-17/h10-11,13-14H,3-9,12H2,1-2H3. The highest BCUT2D eigenvalue weighted by molar-refractivity contribution is 5.79. The van der Waals surface area contributed by atoms with Crippen LogP contribution in [-0.2, 0) is 4.79 Å². The Morgan fingerprint density at radius 3 is 2.43 bits per heavy atom. The van der Waals surface area contributed by atoms with Gasteiger partial charge in [-0.1, -0.05) is 6.42 Å². The van der Waals surface area contributed by atoms with Crippen LogP contribution in [0.3, 0.4) is 0 Å². The van der Waals surface area contributed by atoms with Crippen LogP contribution in [0.25, 0.3) is 0 Å². The van der Waals surface area contributed by atoms with Crippen molar-refractivity contribution in [1.82, 2.24) is 14.9 Å². The first-order chi connectivity index (χ1) is 11.2. The molecule has 6 nitrogen and oxygen atoms in total. The molecule has 2 fully saturated rings. The van der Waals surface area contributed by atoms with E-state index in [9.17, 15) is 4.79 Å². The fraction of sp³-hybridized carbons (Fsp3) is 0.706. The molecule has 3 rings (SSSR count). The predicted molar refractivity (Wildman–Crippen MR) is 88.5 cm³/mol. The molecule has 1 saturated carbocycles. The zero-order chi connectivity index (χ0) is 16.2. The smallest absolute Gasteiger partial charge is 0.225 e. The number of hydrogen-bond acceptors (Lipinski definition) is 5. The van der Waals surface area contributed by atoms with Gasteiger partial charge in [0.2, 0.25) is 11.9 Å². The van der Waals surface area contributed by atoms with Gasteiger partial charge in [0.1, 0.15) is 0 Å². The molecule has 0 spiro atoms. The van der Waals surface area contributed by atoms with Gasteiger partial charge >= 0.3 is 0 Å². The van der Waals surface area contributed by atoms with E-state index >= 15 is 0 Å². The highest BCUT2D eigenvalue weighted by Gasteiger charge is 2.29. The molecule has 0 unspecified atom stereocenters. The van der Waals surface area contributed by atoms with Crippen LogP contribution in [0.15, 0.2) is 12.4 Å². The number of anilines is 1. The highest BCUT2D eigenvalue weighted by Crippen LogP contribution is 2.29. The van der Waals surface area contributed by atoms with E-state index in [-0.39, 0.29) is 0 Å². The average Bonchev–Trinajstić information content (AvgIpc) is 2.54. The fourth-order valence-corrected chi connectivity index (χ4v) is 3.34. The first-order valence-corrected chi connectivity index (χ1v) is 8.53. The lowest BCUT2D eigenvalue weighted by molar-refractivity contribution is -0.137. The summed E-state index contributed by atoms with van der Waals surface area (Å²) in [6.07, 6.45) is 8.95. The van der Waals surface area contributed by atoms with Crippen molar-refractivity contribution in [1.29, 1.82) is 0 Å². The Morgan fingerprint density at radius 1 is 1.26 bits per heavy atom. The summed E-state index contributed by atoms with van der Waals surface area (Å²) >= 11 is 0. The van der Waals surface area contributed by atoms with Crippen LogP contribution in [-0.4, -0.2) is 54.6 Å². The molecule has 1 aliphatic heterocycles. The monoisotopic (exact) mass is 318 g/mol. The summed E-state index contributed by atoms with van der Waals surface area (Å²) < 4.78 is 5.09. The molecular weight excluding hydrogens is 292 g/mol. The maximum Gasteiger partial charge on any atom is 0.225 e. The lowest BCUT2D eigenvalue weighted by Crippen LogP contribution is -2.42. The molecule has 1 saturated heterocycles. The van der Waals surface area contributed by atoms with Gasteiger partial charge in [-0.05, 0) is 31.6 Å². The third kappa shape index (κ3) is 3.74. The number of carbonyl (C=O) groups excluding carboxylic acids is 1. The minimum absolute atomic E-state index is 0.299. The minimum atomic E-state index is 0.299. The van der Waals surface area contributed by atoms with Crippen molar-refractivity contribution in [3.8, 4) is 5.75 Å². The topological polar surface area (TPSA) is 58.6 Å². The highest BCUT2D eigenvalue weighted by atomic mass is 16.5. The van der Waals surface area contributed by atoms with E-state index in [1.165, 1.54) is 6.42 Å². The summed E-state index contributed by atoms with van der Waals surface area (Å²) in [6, 6.07) is 0. The lowest BCUT2D eigenvalue weighted by atomic mass is 9.84. The summed E-state index contributed by atoms with van der Waals surface area (Å²) in [5, 5.41) is 0. The molecular formula is C17H26N4O2. The second-order valence-electron chi connectivity index (χ2n) is 6.70. The molecule has 6 heteroatoms. The largest absolute Gasteiger partial charge is 0.494 e. The summed E-state index contributed by atoms with van der Waals surface area (Å²) in [4.78, 5) is 25.1. The Labute approximate surface area is 137 Å². The minimum Gasteiger partial charge on any atom is -0.494 e. The molecule has 0 N–H and O–H groups in total. The zero-order valence-electron chi connectivity index (χ0n) is 14.1. The van der Waals surface area contributed by atoms with Crippen molar-refractivity contribution in [3.63, 3.8) is 0 Å². The van der Waals surface area contributed by atoms with Crippen molar-refractivity contribution in [2.75, 3.05) is 38.7 Å². The first kappa shape index (κ1) is 16.0. The van der Waals surface area contributed by atoms with Gasteiger partial charge in [0.25, 0.3) is 0 Å². The van der Waals surface area contributed by atoms with Gasteiger partial charge in [0, 0.05) is 32.6 Å². The summed E-state index contributed by atoms with van der Waals surface area (Å²) in [7, 11) is 3.57. The molecule has 1 amide bonds. The Morgan fingerprint density at radius 2 is 1.91 bits per heavy atom. The van der Waals surface area contributed by atoms with Gasteiger partial charge in [-0.2, -0.15) is 0 Å². The molecule has 126 valence electrons. The van der Waals surface area contributed by atoms with Crippen LogP contribution >= 0.6 is 0 Å². The van der Waals surface area contributed by atoms with E-state index in [0.717, 1.165) is 51.3 Å². The van der Waals surface area contributed by atoms with Crippen LogP contribution in [0.2, 0.25) is 0 Å². The summed E-state index contributed by atoms with van der Waals surface area (Å²) in [5.74, 6) is 2.67. The Hall–Kier alpha value is -1.85. The number of aromatic nitrogens is 2. The second kappa shape index (κ2) is 7.15. The Bertz CT molecular complexity index is 522. The molecule has 0 radical (unpaired) electrons. The quantitative estimate of drug-likeness (QED) is 0.830. The molecule has 1 aromatic heterocycles. The molecule has 23 heavy (non-hydrogen) atoms. The number of ether oxygens (including phenoxy) is 1. The van der Waals surface area contributed by atoms with Crippen molar-refractivity contribution in [2.45, 2.75) is 32.1 Å². The average molecular weight is 318 g/mol. The first-order valence-electron chi connectivity index (χ1n) is 8.53. The number of amides is 1. The number of rotatable bonds is 5. The van der Waals surface area contributed by atoms with Gasteiger partial charge < -0.3 is 14.5 Å². The SMILES string of the molecule is COc1cnc(N2CCC(CN(C)C(=O)C3CCC3)CC2)nc1.